The number of hydrogen-bond acceptors (Lipinski definition) is 2. The molecule has 0 saturated heterocycles. The summed E-state index contributed by atoms with van der Waals surface area (Å²) in [5, 5.41) is 9.95. The maximum atomic E-state index is 13.5. The van der Waals surface area contributed by atoms with E-state index in [1.54, 1.807) is 25.1 Å². The summed E-state index contributed by atoms with van der Waals surface area (Å²) in [4.78, 5) is 4.08. The minimum Gasteiger partial charge on any atom is -0.382 e. The van der Waals surface area contributed by atoms with Crippen LogP contribution in [0.15, 0.2) is 36.4 Å². The monoisotopic (exact) mass is 235 g/mol. The Kier molecular flexibility index (Phi) is 3.15. The minimum absolute atomic E-state index is 0.108. The fraction of sp³-hybridized carbons (Fsp3) is 0.154. The van der Waals surface area contributed by atoms with Gasteiger partial charge in [-0.3, -0.25) is 4.98 Å². The van der Waals surface area contributed by atoms with Gasteiger partial charge in [0.15, 0.2) is 0 Å². The van der Waals surface area contributed by atoms with Crippen LogP contribution in [0.2, 0.25) is 0 Å². The predicted molar refractivity (Wildman–Crippen MR) is 59.4 cm³/mol. The second-order valence-electron chi connectivity index (χ2n) is 3.77. The molecular weight excluding hydrogens is 224 g/mol. The van der Waals surface area contributed by atoms with Crippen LogP contribution in [0.25, 0.3) is 0 Å². The van der Waals surface area contributed by atoms with Crippen LogP contribution in [0.1, 0.15) is 23.1 Å². The van der Waals surface area contributed by atoms with E-state index in [4.69, 9.17) is 0 Å². The first-order chi connectivity index (χ1) is 8.08. The lowest BCUT2D eigenvalue weighted by molar-refractivity contribution is 0.209. The zero-order valence-electron chi connectivity index (χ0n) is 9.19. The Morgan fingerprint density at radius 1 is 1.18 bits per heavy atom. The average molecular weight is 235 g/mol. The highest BCUT2D eigenvalue weighted by atomic mass is 19.1. The molecule has 1 atom stereocenters. The number of rotatable bonds is 2. The fourth-order valence-electron chi connectivity index (χ4n) is 1.60. The molecule has 0 bridgehead atoms. The van der Waals surface area contributed by atoms with Crippen molar-refractivity contribution in [3.8, 4) is 0 Å². The van der Waals surface area contributed by atoms with Crippen LogP contribution >= 0.6 is 0 Å². The number of halogens is 2. The molecule has 2 nitrogen and oxygen atoms in total. The number of benzene rings is 1. The molecule has 0 aliphatic rings. The Morgan fingerprint density at radius 2 is 1.94 bits per heavy atom. The van der Waals surface area contributed by atoms with E-state index in [1.165, 1.54) is 0 Å². The molecule has 0 amide bonds. The van der Waals surface area contributed by atoms with E-state index in [1.807, 2.05) is 0 Å². The molecule has 1 heterocycles. The van der Waals surface area contributed by atoms with Crippen molar-refractivity contribution in [3.05, 3.63) is 65.0 Å². The normalized spacial score (nSPS) is 12.5. The van der Waals surface area contributed by atoms with Gasteiger partial charge in [-0.2, -0.15) is 0 Å². The van der Waals surface area contributed by atoms with Crippen LogP contribution in [-0.4, -0.2) is 10.1 Å². The van der Waals surface area contributed by atoms with E-state index in [-0.39, 0.29) is 5.56 Å². The number of hydrogen-bond donors (Lipinski definition) is 1. The summed E-state index contributed by atoms with van der Waals surface area (Å²) in [5.74, 6) is -1.24. The Hall–Kier alpha value is -1.81. The van der Waals surface area contributed by atoms with Crippen molar-refractivity contribution in [1.82, 2.24) is 4.98 Å². The second kappa shape index (κ2) is 4.59. The van der Waals surface area contributed by atoms with Crippen molar-refractivity contribution >= 4 is 0 Å². The Morgan fingerprint density at radius 3 is 2.65 bits per heavy atom. The van der Waals surface area contributed by atoms with Crippen molar-refractivity contribution in [2.24, 2.45) is 0 Å². The molecule has 0 aliphatic carbocycles. The molecular formula is C13H11F2NO. The van der Waals surface area contributed by atoms with E-state index in [9.17, 15) is 13.9 Å². The van der Waals surface area contributed by atoms with Crippen molar-refractivity contribution in [2.75, 3.05) is 0 Å². The summed E-state index contributed by atoms with van der Waals surface area (Å²) in [6, 6.07) is 8.02. The minimum atomic E-state index is -1.26. The van der Waals surface area contributed by atoms with Gasteiger partial charge < -0.3 is 5.11 Å². The van der Waals surface area contributed by atoms with Gasteiger partial charge in [0.25, 0.3) is 0 Å². The number of pyridine rings is 1. The lowest BCUT2D eigenvalue weighted by Crippen LogP contribution is -2.05. The highest BCUT2D eigenvalue weighted by Crippen LogP contribution is 2.23. The van der Waals surface area contributed by atoms with Crippen LogP contribution in [-0.2, 0) is 0 Å². The maximum Gasteiger partial charge on any atom is 0.129 e. The highest BCUT2D eigenvalue weighted by Gasteiger charge is 2.17. The molecule has 1 N–H and O–H groups in total. The third-order valence-electron chi connectivity index (χ3n) is 2.44. The molecule has 2 aromatic rings. The first-order valence-corrected chi connectivity index (χ1v) is 5.14. The fourth-order valence-corrected chi connectivity index (χ4v) is 1.60. The molecule has 2 rings (SSSR count). The Labute approximate surface area is 97.6 Å². The second-order valence-corrected chi connectivity index (χ2v) is 3.77. The van der Waals surface area contributed by atoms with Crippen LogP contribution in [0.5, 0.6) is 0 Å². The molecule has 88 valence electrons. The topological polar surface area (TPSA) is 33.1 Å². The largest absolute Gasteiger partial charge is 0.382 e. The summed E-state index contributed by atoms with van der Waals surface area (Å²) < 4.78 is 26.5. The standard InChI is InChI=1S/C13H11F2NO/c1-8-3-2-4-12(16-8)13(17)10-7-9(14)5-6-11(10)15/h2-7,13,17H,1H3. The van der Waals surface area contributed by atoms with Gasteiger partial charge in [0.2, 0.25) is 0 Å². The number of aliphatic hydroxyl groups excluding tert-OH is 1. The van der Waals surface area contributed by atoms with E-state index < -0.39 is 17.7 Å². The summed E-state index contributed by atoms with van der Waals surface area (Å²) in [6.45, 7) is 1.76. The molecule has 4 heteroatoms. The van der Waals surface area contributed by atoms with Gasteiger partial charge in [0, 0.05) is 11.3 Å². The predicted octanol–water partition coefficient (Wildman–Crippen LogP) is 2.75. The Bertz CT molecular complexity index is 543. The molecule has 0 spiro atoms. The molecule has 1 aromatic carbocycles. The zero-order chi connectivity index (χ0) is 12.4. The highest BCUT2D eigenvalue weighted by molar-refractivity contribution is 5.28. The molecule has 0 saturated carbocycles. The first-order valence-electron chi connectivity index (χ1n) is 5.14. The SMILES string of the molecule is Cc1cccc(C(O)c2cc(F)ccc2F)n1. The lowest BCUT2D eigenvalue weighted by Gasteiger charge is -2.12. The van der Waals surface area contributed by atoms with Crippen molar-refractivity contribution in [3.63, 3.8) is 0 Å². The van der Waals surface area contributed by atoms with Crippen molar-refractivity contribution in [2.45, 2.75) is 13.0 Å². The molecule has 17 heavy (non-hydrogen) atoms. The molecule has 0 radical (unpaired) electrons. The smallest absolute Gasteiger partial charge is 0.129 e. The van der Waals surface area contributed by atoms with Crippen LogP contribution < -0.4 is 0 Å². The third-order valence-corrected chi connectivity index (χ3v) is 2.44. The van der Waals surface area contributed by atoms with Crippen molar-refractivity contribution in [1.29, 1.82) is 0 Å². The van der Waals surface area contributed by atoms with Crippen molar-refractivity contribution < 1.29 is 13.9 Å². The number of nitrogens with zero attached hydrogens (tertiary/aromatic N) is 1. The summed E-state index contributed by atoms with van der Waals surface area (Å²) in [5.41, 5.74) is 0.899. The maximum absolute atomic E-state index is 13.5. The molecule has 0 aliphatic heterocycles. The van der Waals surface area contributed by atoms with Crippen LogP contribution in [0.3, 0.4) is 0 Å². The van der Waals surface area contributed by atoms with Gasteiger partial charge in [-0.05, 0) is 37.3 Å². The Balaban J connectivity index is 2.43. The van der Waals surface area contributed by atoms with Gasteiger partial charge >= 0.3 is 0 Å². The van der Waals surface area contributed by atoms with Crippen LogP contribution in [0, 0.1) is 18.6 Å². The summed E-state index contributed by atoms with van der Waals surface area (Å²) in [6.07, 6.45) is -1.26. The van der Waals surface area contributed by atoms with E-state index in [0.717, 1.165) is 18.2 Å². The summed E-state index contributed by atoms with van der Waals surface area (Å²) >= 11 is 0. The zero-order valence-corrected chi connectivity index (χ0v) is 9.19. The van der Waals surface area contributed by atoms with Gasteiger partial charge in [0.1, 0.15) is 17.7 Å². The van der Waals surface area contributed by atoms with Crippen LogP contribution in [0.4, 0.5) is 8.78 Å². The summed E-state index contributed by atoms with van der Waals surface area (Å²) in [7, 11) is 0. The quantitative estimate of drug-likeness (QED) is 0.868. The molecule has 1 unspecified atom stereocenters. The number of aromatic nitrogens is 1. The number of aryl methyl sites for hydroxylation is 1. The van der Waals surface area contributed by atoms with Gasteiger partial charge in [-0.15, -0.1) is 0 Å². The van der Waals surface area contributed by atoms with E-state index in [2.05, 4.69) is 4.98 Å². The average Bonchev–Trinajstić information content (AvgIpc) is 2.31. The first kappa shape index (κ1) is 11.7. The van der Waals surface area contributed by atoms with E-state index >= 15 is 0 Å². The third kappa shape index (κ3) is 2.47. The van der Waals surface area contributed by atoms with Gasteiger partial charge in [0.05, 0.1) is 5.69 Å². The van der Waals surface area contributed by atoms with Gasteiger partial charge in [-0.1, -0.05) is 6.07 Å². The van der Waals surface area contributed by atoms with E-state index in [0.29, 0.717) is 11.4 Å². The lowest BCUT2D eigenvalue weighted by atomic mass is 10.0. The number of aliphatic hydroxyl groups is 1. The molecule has 0 fully saturated rings. The van der Waals surface area contributed by atoms with Gasteiger partial charge in [-0.25, -0.2) is 8.78 Å². The molecule has 1 aromatic heterocycles.